The van der Waals surface area contributed by atoms with Crippen LogP contribution in [0.4, 0.5) is 0 Å². The van der Waals surface area contributed by atoms with E-state index >= 15 is 0 Å². The quantitative estimate of drug-likeness (QED) is 0.872. The first-order chi connectivity index (χ1) is 8.33. The molecule has 1 atom stereocenters. The molecule has 0 fully saturated rings. The first-order valence-electron chi connectivity index (χ1n) is 5.86. The Morgan fingerprint density at radius 3 is 2.65 bits per heavy atom. The summed E-state index contributed by atoms with van der Waals surface area (Å²) in [5, 5.41) is 3.48. The van der Waals surface area contributed by atoms with Gasteiger partial charge < -0.3 is 5.32 Å². The number of hydrogen-bond donors (Lipinski definition) is 1. The maximum atomic E-state index is 4.21. The Hall–Kier alpha value is -1.74. The van der Waals surface area contributed by atoms with Crippen LogP contribution >= 0.6 is 0 Å². The molecule has 0 bridgehead atoms. The van der Waals surface area contributed by atoms with Crippen LogP contribution in [-0.2, 0) is 0 Å². The van der Waals surface area contributed by atoms with Crippen LogP contribution in [0.2, 0.25) is 0 Å². The number of aromatic nitrogens is 2. The molecule has 0 aliphatic rings. The lowest BCUT2D eigenvalue weighted by molar-refractivity contribution is 0.623. The van der Waals surface area contributed by atoms with Gasteiger partial charge in [-0.15, -0.1) is 0 Å². The molecule has 2 aromatic heterocycles. The number of hydrogen-bond acceptors (Lipinski definition) is 3. The van der Waals surface area contributed by atoms with E-state index in [2.05, 4.69) is 35.2 Å². The van der Waals surface area contributed by atoms with Crippen LogP contribution in [-0.4, -0.2) is 16.5 Å². The Morgan fingerprint density at radius 2 is 2.00 bits per heavy atom. The smallest absolute Gasteiger partial charge is 0.0609 e. The molecule has 2 rings (SSSR count). The van der Waals surface area contributed by atoms with Crippen molar-refractivity contribution in [3.63, 3.8) is 0 Å². The van der Waals surface area contributed by atoms with Crippen molar-refractivity contribution in [2.75, 3.05) is 6.54 Å². The molecule has 0 saturated heterocycles. The second-order valence-corrected chi connectivity index (χ2v) is 4.01. The van der Waals surface area contributed by atoms with Crippen molar-refractivity contribution in [1.29, 1.82) is 0 Å². The summed E-state index contributed by atoms with van der Waals surface area (Å²) in [4.78, 5) is 8.40. The molecule has 0 spiro atoms. The number of nitrogens with zero attached hydrogens (tertiary/aromatic N) is 2. The van der Waals surface area contributed by atoms with Gasteiger partial charge in [0.25, 0.3) is 0 Å². The largest absolute Gasteiger partial charge is 0.306 e. The van der Waals surface area contributed by atoms with Crippen molar-refractivity contribution in [1.82, 2.24) is 15.3 Å². The van der Waals surface area contributed by atoms with Gasteiger partial charge >= 0.3 is 0 Å². The van der Waals surface area contributed by atoms with E-state index in [1.54, 1.807) is 6.20 Å². The summed E-state index contributed by atoms with van der Waals surface area (Å²) in [5.41, 5.74) is 3.63. The lowest BCUT2D eigenvalue weighted by Crippen LogP contribution is -2.23. The summed E-state index contributed by atoms with van der Waals surface area (Å²) in [6.07, 6.45) is 7.45. The highest BCUT2D eigenvalue weighted by Gasteiger charge is 2.14. The molecule has 0 saturated carbocycles. The predicted octanol–water partition coefficient (Wildman–Crippen LogP) is 2.48. The highest BCUT2D eigenvalue weighted by molar-refractivity contribution is 5.33. The lowest BCUT2D eigenvalue weighted by atomic mass is 9.98. The van der Waals surface area contributed by atoms with Gasteiger partial charge in [-0.1, -0.05) is 13.0 Å². The Bertz CT molecular complexity index is 468. The fourth-order valence-electron chi connectivity index (χ4n) is 1.94. The molecule has 0 aliphatic carbocycles. The predicted molar refractivity (Wildman–Crippen MR) is 68.7 cm³/mol. The molecule has 3 heteroatoms. The van der Waals surface area contributed by atoms with E-state index in [9.17, 15) is 0 Å². The van der Waals surface area contributed by atoms with Gasteiger partial charge in [0, 0.05) is 24.8 Å². The van der Waals surface area contributed by atoms with E-state index < -0.39 is 0 Å². The Kier molecular flexibility index (Phi) is 3.83. The van der Waals surface area contributed by atoms with E-state index in [-0.39, 0.29) is 6.04 Å². The van der Waals surface area contributed by atoms with Crippen LogP contribution in [0, 0.1) is 6.92 Å². The lowest BCUT2D eigenvalue weighted by Gasteiger charge is -2.19. The molecule has 0 aromatic carbocycles. The third-order valence-electron chi connectivity index (χ3n) is 2.82. The fourth-order valence-corrected chi connectivity index (χ4v) is 1.94. The Morgan fingerprint density at radius 1 is 1.18 bits per heavy atom. The standard InChI is InChI=1S/C14H17N3/c1-3-17-14(12-5-4-7-15-9-12)13-10-16-8-6-11(13)2/h4-10,14,17H,3H2,1-2H3. The monoisotopic (exact) mass is 227 g/mol. The van der Waals surface area contributed by atoms with Crippen molar-refractivity contribution in [3.8, 4) is 0 Å². The average Bonchev–Trinajstić information content (AvgIpc) is 2.38. The van der Waals surface area contributed by atoms with Crippen LogP contribution < -0.4 is 5.32 Å². The molecule has 1 unspecified atom stereocenters. The van der Waals surface area contributed by atoms with Crippen LogP contribution in [0.15, 0.2) is 43.0 Å². The van der Waals surface area contributed by atoms with Crippen LogP contribution in [0.5, 0.6) is 0 Å². The third-order valence-corrected chi connectivity index (χ3v) is 2.82. The van der Waals surface area contributed by atoms with Crippen molar-refractivity contribution in [2.45, 2.75) is 19.9 Å². The molecular formula is C14H17N3. The molecule has 3 nitrogen and oxygen atoms in total. The Balaban J connectivity index is 2.39. The highest BCUT2D eigenvalue weighted by Crippen LogP contribution is 2.23. The summed E-state index contributed by atoms with van der Waals surface area (Å²) in [7, 11) is 0. The number of pyridine rings is 2. The molecule has 2 aromatic rings. The maximum absolute atomic E-state index is 4.21. The second kappa shape index (κ2) is 5.55. The van der Waals surface area contributed by atoms with Gasteiger partial charge in [-0.2, -0.15) is 0 Å². The van der Waals surface area contributed by atoms with E-state index in [4.69, 9.17) is 0 Å². The molecule has 88 valence electrons. The number of aryl methyl sites for hydroxylation is 1. The third kappa shape index (κ3) is 2.68. The van der Waals surface area contributed by atoms with E-state index in [0.717, 1.165) is 6.54 Å². The summed E-state index contributed by atoms with van der Waals surface area (Å²) in [6.45, 7) is 5.13. The molecular weight excluding hydrogens is 210 g/mol. The van der Waals surface area contributed by atoms with Gasteiger partial charge in [-0.3, -0.25) is 9.97 Å². The van der Waals surface area contributed by atoms with E-state index in [1.807, 2.05) is 30.7 Å². The fraction of sp³-hybridized carbons (Fsp3) is 0.286. The SMILES string of the molecule is CCNC(c1cccnc1)c1cnccc1C. The summed E-state index contributed by atoms with van der Waals surface area (Å²) < 4.78 is 0. The van der Waals surface area contributed by atoms with Crippen molar-refractivity contribution >= 4 is 0 Å². The zero-order chi connectivity index (χ0) is 12.1. The average molecular weight is 227 g/mol. The highest BCUT2D eigenvalue weighted by atomic mass is 14.9. The van der Waals surface area contributed by atoms with Gasteiger partial charge in [0.05, 0.1) is 6.04 Å². The zero-order valence-electron chi connectivity index (χ0n) is 10.2. The first kappa shape index (κ1) is 11.7. The van der Waals surface area contributed by atoms with E-state index in [0.29, 0.717) is 0 Å². The maximum Gasteiger partial charge on any atom is 0.0609 e. The van der Waals surface area contributed by atoms with Gasteiger partial charge in [0.2, 0.25) is 0 Å². The normalized spacial score (nSPS) is 12.4. The molecule has 0 radical (unpaired) electrons. The van der Waals surface area contributed by atoms with Crippen molar-refractivity contribution in [3.05, 3.63) is 59.7 Å². The van der Waals surface area contributed by atoms with Crippen LogP contribution in [0.3, 0.4) is 0 Å². The molecule has 0 aliphatic heterocycles. The number of nitrogens with one attached hydrogen (secondary N) is 1. The summed E-state index contributed by atoms with van der Waals surface area (Å²) in [6, 6.07) is 6.26. The summed E-state index contributed by atoms with van der Waals surface area (Å²) in [5.74, 6) is 0. The minimum Gasteiger partial charge on any atom is -0.306 e. The van der Waals surface area contributed by atoms with Crippen LogP contribution in [0.1, 0.15) is 29.7 Å². The summed E-state index contributed by atoms with van der Waals surface area (Å²) >= 11 is 0. The molecule has 1 N–H and O–H groups in total. The van der Waals surface area contributed by atoms with Crippen molar-refractivity contribution in [2.24, 2.45) is 0 Å². The van der Waals surface area contributed by atoms with E-state index in [1.165, 1.54) is 16.7 Å². The first-order valence-corrected chi connectivity index (χ1v) is 5.86. The van der Waals surface area contributed by atoms with Gasteiger partial charge in [0.15, 0.2) is 0 Å². The Labute approximate surface area is 102 Å². The van der Waals surface area contributed by atoms with Gasteiger partial charge in [-0.25, -0.2) is 0 Å². The number of rotatable bonds is 4. The zero-order valence-corrected chi connectivity index (χ0v) is 10.2. The van der Waals surface area contributed by atoms with Crippen molar-refractivity contribution < 1.29 is 0 Å². The second-order valence-electron chi connectivity index (χ2n) is 4.01. The van der Waals surface area contributed by atoms with Gasteiger partial charge in [0.1, 0.15) is 0 Å². The minimum absolute atomic E-state index is 0.169. The minimum atomic E-state index is 0.169. The van der Waals surface area contributed by atoms with Gasteiger partial charge in [-0.05, 0) is 42.3 Å². The molecule has 17 heavy (non-hydrogen) atoms. The molecule has 0 amide bonds. The van der Waals surface area contributed by atoms with Crippen LogP contribution in [0.25, 0.3) is 0 Å². The molecule has 2 heterocycles. The topological polar surface area (TPSA) is 37.8 Å².